The summed E-state index contributed by atoms with van der Waals surface area (Å²) in [6, 6.07) is 13.8. The second-order valence-corrected chi connectivity index (χ2v) is 4.75. The van der Waals surface area contributed by atoms with Crippen LogP contribution < -0.4 is 10.1 Å². The highest BCUT2D eigenvalue weighted by Gasteiger charge is 2.10. The van der Waals surface area contributed by atoms with Crippen LogP contribution in [0, 0.1) is 0 Å². The molecule has 1 amide bonds. The molecule has 0 aliphatic carbocycles. The first-order chi connectivity index (χ1) is 11.1. The van der Waals surface area contributed by atoms with Crippen molar-refractivity contribution < 1.29 is 24.2 Å². The molecule has 2 aromatic carbocycles. The Bertz CT molecular complexity index is 685. The van der Waals surface area contributed by atoms with E-state index in [0.717, 1.165) is 5.56 Å². The van der Waals surface area contributed by atoms with Crippen molar-refractivity contribution in [2.24, 2.45) is 0 Å². The van der Waals surface area contributed by atoms with Crippen LogP contribution in [0.1, 0.15) is 21.5 Å². The highest BCUT2D eigenvalue weighted by Crippen LogP contribution is 2.20. The zero-order valence-corrected chi connectivity index (χ0v) is 12.6. The van der Waals surface area contributed by atoms with Gasteiger partial charge < -0.3 is 19.9 Å². The van der Waals surface area contributed by atoms with Crippen LogP contribution in [0.25, 0.3) is 0 Å². The van der Waals surface area contributed by atoms with Crippen molar-refractivity contribution in [3.63, 3.8) is 0 Å². The number of methoxy groups -OCH3 is 1. The number of amides is 1. The average molecular weight is 315 g/mol. The lowest BCUT2D eigenvalue weighted by molar-refractivity contribution is 0.0696. The maximum atomic E-state index is 11.7. The molecule has 23 heavy (non-hydrogen) atoms. The maximum absolute atomic E-state index is 11.7. The molecular formula is C17H17NO5. The predicted octanol–water partition coefficient (Wildman–Crippen LogP) is 2.82. The van der Waals surface area contributed by atoms with Gasteiger partial charge in [-0.15, -0.1) is 0 Å². The van der Waals surface area contributed by atoms with Gasteiger partial charge in [0.2, 0.25) is 0 Å². The van der Waals surface area contributed by atoms with Crippen molar-refractivity contribution in [1.29, 1.82) is 0 Å². The van der Waals surface area contributed by atoms with Gasteiger partial charge in [0.05, 0.1) is 12.7 Å². The van der Waals surface area contributed by atoms with E-state index in [1.54, 1.807) is 6.07 Å². The van der Waals surface area contributed by atoms with E-state index in [9.17, 15) is 9.59 Å². The standard InChI is InChI=1S/C17H17NO5/c1-22-15-9-13(16(19)20)7-8-14(15)10-18-17(21)23-11-12-5-3-2-4-6-12/h2-9H,10-11H2,1H3,(H,18,21)(H,19,20). The lowest BCUT2D eigenvalue weighted by Gasteiger charge is -2.11. The van der Waals surface area contributed by atoms with Crippen LogP contribution in [0.15, 0.2) is 48.5 Å². The van der Waals surface area contributed by atoms with Crippen molar-refractivity contribution in [3.05, 3.63) is 65.2 Å². The van der Waals surface area contributed by atoms with Crippen LogP contribution in [0.2, 0.25) is 0 Å². The van der Waals surface area contributed by atoms with Gasteiger partial charge in [-0.2, -0.15) is 0 Å². The Balaban J connectivity index is 1.90. The lowest BCUT2D eigenvalue weighted by atomic mass is 10.1. The van der Waals surface area contributed by atoms with Crippen LogP contribution >= 0.6 is 0 Å². The molecule has 120 valence electrons. The van der Waals surface area contributed by atoms with E-state index in [1.807, 2.05) is 30.3 Å². The van der Waals surface area contributed by atoms with Gasteiger partial charge in [-0.1, -0.05) is 36.4 Å². The number of hydrogen-bond donors (Lipinski definition) is 2. The molecule has 0 radical (unpaired) electrons. The van der Waals surface area contributed by atoms with E-state index in [2.05, 4.69) is 5.32 Å². The van der Waals surface area contributed by atoms with E-state index in [4.69, 9.17) is 14.6 Å². The summed E-state index contributed by atoms with van der Waals surface area (Å²) in [6.07, 6.45) is -0.557. The molecule has 2 rings (SSSR count). The third-order valence-corrected chi connectivity index (χ3v) is 3.17. The minimum Gasteiger partial charge on any atom is -0.496 e. The molecule has 0 saturated carbocycles. The van der Waals surface area contributed by atoms with Gasteiger partial charge in [0.15, 0.2) is 0 Å². The van der Waals surface area contributed by atoms with Gasteiger partial charge in [0, 0.05) is 12.1 Å². The molecule has 6 heteroatoms. The van der Waals surface area contributed by atoms with Gasteiger partial charge in [-0.05, 0) is 17.7 Å². The molecule has 2 aromatic rings. The van der Waals surface area contributed by atoms with E-state index in [-0.39, 0.29) is 18.7 Å². The smallest absolute Gasteiger partial charge is 0.407 e. The van der Waals surface area contributed by atoms with Crippen LogP contribution in [0.4, 0.5) is 4.79 Å². The number of carbonyl (C=O) groups excluding carboxylic acids is 1. The lowest BCUT2D eigenvalue weighted by Crippen LogP contribution is -2.24. The second-order valence-electron chi connectivity index (χ2n) is 4.75. The molecule has 2 N–H and O–H groups in total. The fourth-order valence-corrected chi connectivity index (χ4v) is 1.97. The van der Waals surface area contributed by atoms with Crippen molar-refractivity contribution in [3.8, 4) is 5.75 Å². The Kier molecular flexibility index (Phi) is 5.57. The van der Waals surface area contributed by atoms with E-state index in [1.165, 1.54) is 19.2 Å². The molecule has 0 aliphatic heterocycles. The third-order valence-electron chi connectivity index (χ3n) is 3.17. The molecule has 0 saturated heterocycles. The van der Waals surface area contributed by atoms with Crippen molar-refractivity contribution >= 4 is 12.1 Å². The number of hydrogen-bond acceptors (Lipinski definition) is 4. The van der Waals surface area contributed by atoms with E-state index < -0.39 is 12.1 Å². The summed E-state index contributed by atoms with van der Waals surface area (Å²) in [5, 5.41) is 11.6. The Morgan fingerprint density at radius 2 is 1.87 bits per heavy atom. The summed E-state index contributed by atoms with van der Waals surface area (Å²) in [6.45, 7) is 0.360. The summed E-state index contributed by atoms with van der Waals surface area (Å²) < 4.78 is 10.2. The molecule has 0 unspecified atom stereocenters. The van der Waals surface area contributed by atoms with Crippen molar-refractivity contribution in [1.82, 2.24) is 5.32 Å². The molecule has 0 aromatic heterocycles. The number of carboxylic acids is 1. The van der Waals surface area contributed by atoms with E-state index in [0.29, 0.717) is 11.3 Å². The first-order valence-electron chi connectivity index (χ1n) is 6.95. The van der Waals surface area contributed by atoms with Gasteiger partial charge >= 0.3 is 12.1 Å². The predicted molar refractivity (Wildman–Crippen MR) is 83.4 cm³/mol. The van der Waals surface area contributed by atoms with Gasteiger partial charge in [0.25, 0.3) is 0 Å². The molecular weight excluding hydrogens is 298 g/mol. The number of aromatic carboxylic acids is 1. The number of carbonyl (C=O) groups is 2. The SMILES string of the molecule is COc1cc(C(=O)O)ccc1CNC(=O)OCc1ccccc1. The summed E-state index contributed by atoms with van der Waals surface area (Å²) in [5.74, 6) is -0.640. The monoisotopic (exact) mass is 315 g/mol. The molecule has 0 bridgehead atoms. The molecule has 6 nitrogen and oxygen atoms in total. The quantitative estimate of drug-likeness (QED) is 0.856. The Labute approximate surface area is 133 Å². The number of nitrogens with one attached hydrogen (secondary N) is 1. The minimum absolute atomic E-state index is 0.122. The topological polar surface area (TPSA) is 84.9 Å². The second kappa shape index (κ2) is 7.84. The normalized spacial score (nSPS) is 9.96. The van der Waals surface area contributed by atoms with E-state index >= 15 is 0 Å². The van der Waals surface area contributed by atoms with Gasteiger partial charge in [-0.3, -0.25) is 0 Å². The highest BCUT2D eigenvalue weighted by atomic mass is 16.5. The maximum Gasteiger partial charge on any atom is 0.407 e. The average Bonchev–Trinajstić information content (AvgIpc) is 2.58. The fraction of sp³-hybridized carbons (Fsp3) is 0.176. The summed E-state index contributed by atoms with van der Waals surface area (Å²) >= 11 is 0. The van der Waals surface area contributed by atoms with Crippen LogP contribution in [-0.4, -0.2) is 24.3 Å². The van der Waals surface area contributed by atoms with Crippen LogP contribution in [-0.2, 0) is 17.9 Å². The largest absolute Gasteiger partial charge is 0.496 e. The van der Waals surface area contributed by atoms with Crippen LogP contribution in [0.5, 0.6) is 5.75 Å². The number of benzene rings is 2. The van der Waals surface area contributed by atoms with Crippen molar-refractivity contribution in [2.45, 2.75) is 13.2 Å². The first-order valence-corrected chi connectivity index (χ1v) is 6.95. The van der Waals surface area contributed by atoms with Gasteiger partial charge in [-0.25, -0.2) is 9.59 Å². The van der Waals surface area contributed by atoms with Crippen molar-refractivity contribution in [2.75, 3.05) is 7.11 Å². The number of rotatable bonds is 6. The zero-order chi connectivity index (χ0) is 16.7. The third kappa shape index (κ3) is 4.74. The van der Waals surface area contributed by atoms with Crippen LogP contribution in [0.3, 0.4) is 0 Å². The molecule has 0 spiro atoms. The first kappa shape index (κ1) is 16.4. The number of carboxylic acid groups (broad SMARTS) is 1. The molecule has 0 fully saturated rings. The molecule has 0 heterocycles. The van der Waals surface area contributed by atoms with Gasteiger partial charge in [0.1, 0.15) is 12.4 Å². The number of ether oxygens (including phenoxy) is 2. The number of alkyl carbamates (subject to hydrolysis) is 1. The summed E-state index contributed by atoms with van der Waals surface area (Å²) in [4.78, 5) is 22.6. The summed E-state index contributed by atoms with van der Waals surface area (Å²) in [5.41, 5.74) is 1.68. The fourth-order valence-electron chi connectivity index (χ4n) is 1.97. The Morgan fingerprint density at radius 3 is 2.52 bits per heavy atom. The summed E-state index contributed by atoms with van der Waals surface area (Å²) in [7, 11) is 1.44. The zero-order valence-electron chi connectivity index (χ0n) is 12.6. The minimum atomic E-state index is -1.04. The highest BCUT2D eigenvalue weighted by molar-refractivity contribution is 5.88. The Morgan fingerprint density at radius 1 is 1.13 bits per heavy atom. The molecule has 0 atom stereocenters. The molecule has 0 aliphatic rings. The Hall–Kier alpha value is -3.02.